The van der Waals surface area contributed by atoms with Crippen LogP contribution in [0, 0.1) is 0 Å². The molecular formula is C14H19BrN2O2. The molecule has 104 valence electrons. The number of nitrogens with one attached hydrogen (secondary N) is 1. The predicted molar refractivity (Wildman–Crippen MR) is 78.4 cm³/mol. The smallest absolute Gasteiger partial charge is 0.255 e. The summed E-state index contributed by atoms with van der Waals surface area (Å²) in [5.74, 6) is -0.215. The SMILES string of the molecule is CN1CCCCC1CNC(=O)c1ccc(Br)cc1O. The second-order valence-electron chi connectivity index (χ2n) is 5.00. The molecule has 5 heteroatoms. The van der Waals surface area contributed by atoms with Crippen LogP contribution in [0.2, 0.25) is 0 Å². The first-order chi connectivity index (χ1) is 9.08. The van der Waals surface area contributed by atoms with Crippen LogP contribution < -0.4 is 5.32 Å². The molecule has 1 saturated heterocycles. The van der Waals surface area contributed by atoms with Crippen molar-refractivity contribution in [1.82, 2.24) is 10.2 Å². The fraction of sp³-hybridized carbons (Fsp3) is 0.500. The molecule has 4 nitrogen and oxygen atoms in total. The minimum atomic E-state index is -0.219. The number of benzene rings is 1. The lowest BCUT2D eigenvalue weighted by Crippen LogP contribution is -2.44. The van der Waals surface area contributed by atoms with Crippen LogP contribution in [-0.2, 0) is 0 Å². The molecule has 2 N–H and O–H groups in total. The van der Waals surface area contributed by atoms with Gasteiger partial charge in [-0.15, -0.1) is 0 Å². The van der Waals surface area contributed by atoms with Gasteiger partial charge in [-0.05, 0) is 44.6 Å². The normalized spacial score (nSPS) is 20.2. The molecule has 1 aromatic rings. The van der Waals surface area contributed by atoms with Crippen molar-refractivity contribution in [2.24, 2.45) is 0 Å². The van der Waals surface area contributed by atoms with Gasteiger partial charge in [-0.1, -0.05) is 22.4 Å². The number of carbonyl (C=O) groups excluding carboxylic acids is 1. The zero-order valence-corrected chi connectivity index (χ0v) is 12.6. The second-order valence-corrected chi connectivity index (χ2v) is 5.92. The summed E-state index contributed by atoms with van der Waals surface area (Å²) in [5.41, 5.74) is 0.321. The van der Waals surface area contributed by atoms with Crippen molar-refractivity contribution < 1.29 is 9.90 Å². The van der Waals surface area contributed by atoms with Gasteiger partial charge < -0.3 is 15.3 Å². The number of likely N-dealkylation sites (N-methyl/N-ethyl adjacent to an activating group) is 1. The van der Waals surface area contributed by atoms with Crippen LogP contribution in [0.15, 0.2) is 22.7 Å². The molecule has 1 heterocycles. The van der Waals surface area contributed by atoms with Crippen molar-refractivity contribution in [2.45, 2.75) is 25.3 Å². The summed E-state index contributed by atoms with van der Waals surface area (Å²) in [5, 5.41) is 12.7. The van der Waals surface area contributed by atoms with E-state index in [1.54, 1.807) is 12.1 Å². The number of halogens is 1. The van der Waals surface area contributed by atoms with Crippen LogP contribution in [0.5, 0.6) is 5.75 Å². The Bertz CT molecular complexity index is 465. The number of likely N-dealkylation sites (tertiary alicyclic amines) is 1. The summed E-state index contributed by atoms with van der Waals surface area (Å²) in [7, 11) is 2.09. The molecule has 0 radical (unpaired) electrons. The number of hydrogen-bond acceptors (Lipinski definition) is 3. The van der Waals surface area contributed by atoms with Gasteiger partial charge in [0.2, 0.25) is 0 Å². The fourth-order valence-electron chi connectivity index (χ4n) is 2.40. The summed E-state index contributed by atoms with van der Waals surface area (Å²) in [6, 6.07) is 5.30. The molecule has 0 spiro atoms. The van der Waals surface area contributed by atoms with Crippen molar-refractivity contribution in [3.05, 3.63) is 28.2 Å². The van der Waals surface area contributed by atoms with E-state index in [9.17, 15) is 9.90 Å². The number of phenolic OH excluding ortho intramolecular Hbond substituents is 1. The van der Waals surface area contributed by atoms with Crippen molar-refractivity contribution in [3.8, 4) is 5.75 Å². The van der Waals surface area contributed by atoms with E-state index in [-0.39, 0.29) is 11.7 Å². The van der Waals surface area contributed by atoms with Gasteiger partial charge in [0.05, 0.1) is 5.56 Å². The predicted octanol–water partition coefficient (Wildman–Crippen LogP) is 2.37. The number of amides is 1. The number of rotatable bonds is 3. The number of carbonyl (C=O) groups is 1. The standard InChI is InChI=1S/C14H19BrN2O2/c1-17-7-3-2-4-11(17)9-16-14(19)12-6-5-10(15)8-13(12)18/h5-6,8,11,18H,2-4,7,9H2,1H3,(H,16,19). The topological polar surface area (TPSA) is 52.6 Å². The largest absolute Gasteiger partial charge is 0.507 e. The third kappa shape index (κ3) is 3.70. The number of hydrogen-bond donors (Lipinski definition) is 2. The molecule has 1 amide bonds. The van der Waals surface area contributed by atoms with Gasteiger partial charge in [-0.25, -0.2) is 0 Å². The highest BCUT2D eigenvalue weighted by atomic mass is 79.9. The van der Waals surface area contributed by atoms with E-state index in [1.807, 2.05) is 0 Å². The van der Waals surface area contributed by atoms with E-state index in [4.69, 9.17) is 0 Å². The van der Waals surface area contributed by atoms with Gasteiger partial charge in [-0.3, -0.25) is 4.79 Å². The Kier molecular flexibility index (Phi) is 4.82. The number of phenols is 1. The van der Waals surface area contributed by atoms with Gasteiger partial charge >= 0.3 is 0 Å². The molecular weight excluding hydrogens is 308 g/mol. The molecule has 0 aromatic heterocycles. The van der Waals surface area contributed by atoms with Crippen LogP contribution >= 0.6 is 15.9 Å². The maximum absolute atomic E-state index is 12.0. The molecule has 1 atom stereocenters. The van der Waals surface area contributed by atoms with Gasteiger partial charge in [0.25, 0.3) is 5.91 Å². The maximum atomic E-state index is 12.0. The summed E-state index contributed by atoms with van der Waals surface area (Å²) in [4.78, 5) is 14.3. The van der Waals surface area contributed by atoms with E-state index >= 15 is 0 Å². The Morgan fingerprint density at radius 3 is 3.00 bits per heavy atom. The van der Waals surface area contributed by atoms with E-state index in [0.717, 1.165) is 17.4 Å². The monoisotopic (exact) mass is 326 g/mol. The molecule has 1 unspecified atom stereocenters. The summed E-state index contributed by atoms with van der Waals surface area (Å²) >= 11 is 3.26. The van der Waals surface area contributed by atoms with Crippen molar-refractivity contribution in [2.75, 3.05) is 20.1 Å². The van der Waals surface area contributed by atoms with Crippen LogP contribution in [-0.4, -0.2) is 42.1 Å². The third-order valence-electron chi connectivity index (χ3n) is 3.62. The molecule has 19 heavy (non-hydrogen) atoms. The molecule has 0 aliphatic carbocycles. The number of aromatic hydroxyl groups is 1. The van der Waals surface area contributed by atoms with Gasteiger partial charge in [0.1, 0.15) is 5.75 Å². The Morgan fingerprint density at radius 1 is 1.53 bits per heavy atom. The van der Waals surface area contributed by atoms with E-state index in [2.05, 4.69) is 33.2 Å². The molecule has 0 saturated carbocycles. The van der Waals surface area contributed by atoms with Gasteiger partial charge in [0, 0.05) is 17.1 Å². The van der Waals surface area contributed by atoms with Crippen LogP contribution in [0.3, 0.4) is 0 Å². The molecule has 1 fully saturated rings. The second kappa shape index (κ2) is 6.39. The van der Waals surface area contributed by atoms with E-state index in [1.165, 1.54) is 18.9 Å². The third-order valence-corrected chi connectivity index (χ3v) is 4.12. The Balaban J connectivity index is 1.93. The zero-order valence-electron chi connectivity index (χ0n) is 11.0. The summed E-state index contributed by atoms with van der Waals surface area (Å²) in [6.07, 6.45) is 3.56. The Morgan fingerprint density at radius 2 is 2.32 bits per heavy atom. The van der Waals surface area contributed by atoms with Crippen molar-refractivity contribution >= 4 is 21.8 Å². The maximum Gasteiger partial charge on any atom is 0.255 e. The first-order valence-electron chi connectivity index (χ1n) is 6.55. The minimum Gasteiger partial charge on any atom is -0.507 e. The lowest BCUT2D eigenvalue weighted by molar-refractivity contribution is 0.0926. The van der Waals surface area contributed by atoms with Crippen LogP contribution in [0.1, 0.15) is 29.6 Å². The van der Waals surface area contributed by atoms with E-state index in [0.29, 0.717) is 18.2 Å². The number of nitrogens with zero attached hydrogens (tertiary/aromatic N) is 1. The van der Waals surface area contributed by atoms with Gasteiger partial charge in [0.15, 0.2) is 0 Å². The molecule has 0 bridgehead atoms. The Labute approximate surface area is 121 Å². The average molecular weight is 327 g/mol. The minimum absolute atomic E-state index is 0.00359. The lowest BCUT2D eigenvalue weighted by Gasteiger charge is -2.32. The lowest BCUT2D eigenvalue weighted by atomic mass is 10.0. The quantitative estimate of drug-likeness (QED) is 0.896. The highest BCUT2D eigenvalue weighted by molar-refractivity contribution is 9.10. The van der Waals surface area contributed by atoms with E-state index < -0.39 is 0 Å². The zero-order chi connectivity index (χ0) is 13.8. The fourth-order valence-corrected chi connectivity index (χ4v) is 2.75. The average Bonchev–Trinajstić information content (AvgIpc) is 2.37. The first-order valence-corrected chi connectivity index (χ1v) is 7.34. The molecule has 1 aliphatic rings. The van der Waals surface area contributed by atoms with Gasteiger partial charge in [-0.2, -0.15) is 0 Å². The summed E-state index contributed by atoms with van der Waals surface area (Å²) in [6.45, 7) is 1.72. The number of piperidine rings is 1. The Hall–Kier alpha value is -1.07. The van der Waals surface area contributed by atoms with Crippen LogP contribution in [0.4, 0.5) is 0 Å². The van der Waals surface area contributed by atoms with Crippen LogP contribution in [0.25, 0.3) is 0 Å². The van der Waals surface area contributed by atoms with Crippen molar-refractivity contribution in [3.63, 3.8) is 0 Å². The first kappa shape index (κ1) is 14.3. The highest BCUT2D eigenvalue weighted by Crippen LogP contribution is 2.22. The molecule has 1 aromatic carbocycles. The highest BCUT2D eigenvalue weighted by Gasteiger charge is 2.20. The molecule has 1 aliphatic heterocycles. The van der Waals surface area contributed by atoms with Crippen molar-refractivity contribution in [1.29, 1.82) is 0 Å². The molecule has 2 rings (SSSR count). The summed E-state index contributed by atoms with van der Waals surface area (Å²) < 4.78 is 0.758.